The van der Waals surface area contributed by atoms with Gasteiger partial charge in [-0.15, -0.1) is 0 Å². The third kappa shape index (κ3) is 1.64. The van der Waals surface area contributed by atoms with E-state index in [9.17, 15) is 0 Å². The molecule has 2 rings (SSSR count). The number of nitrogens with two attached hydrogens (primary N) is 1. The lowest BCUT2D eigenvalue weighted by Crippen LogP contribution is -2.06. The van der Waals surface area contributed by atoms with Gasteiger partial charge in [-0.25, -0.2) is 0 Å². The van der Waals surface area contributed by atoms with Crippen LogP contribution in [0.5, 0.6) is 0 Å². The number of furan rings is 1. The maximum Gasteiger partial charge on any atom is 0.166 e. The van der Waals surface area contributed by atoms with Crippen LogP contribution in [0.3, 0.4) is 0 Å². The van der Waals surface area contributed by atoms with Gasteiger partial charge in [-0.2, -0.15) is 0 Å². The number of nitrogens with one attached hydrogen (secondary N) is 1. The number of halogens is 1. The SMILES string of the molecule is NNc1ccnc(-c2occc2Br)c1. The molecule has 0 unspecified atom stereocenters. The Kier molecular flexibility index (Phi) is 2.51. The molecular weight excluding hydrogens is 246 g/mol. The third-order valence-electron chi connectivity index (χ3n) is 1.78. The second kappa shape index (κ2) is 3.81. The van der Waals surface area contributed by atoms with Gasteiger partial charge in [0.2, 0.25) is 0 Å². The maximum atomic E-state index is 5.29. The van der Waals surface area contributed by atoms with Crippen LogP contribution in [0.1, 0.15) is 0 Å². The summed E-state index contributed by atoms with van der Waals surface area (Å²) in [6.07, 6.45) is 3.27. The van der Waals surface area contributed by atoms with Gasteiger partial charge < -0.3 is 9.84 Å². The standard InChI is InChI=1S/C9H8BrN3O/c10-7-2-4-14-9(7)8-5-6(13-11)1-3-12-8/h1-5H,11H2,(H,12,13). The van der Waals surface area contributed by atoms with E-state index >= 15 is 0 Å². The molecule has 2 aromatic heterocycles. The van der Waals surface area contributed by atoms with Gasteiger partial charge in [-0.3, -0.25) is 10.8 Å². The summed E-state index contributed by atoms with van der Waals surface area (Å²) in [5.41, 5.74) is 4.08. The molecule has 14 heavy (non-hydrogen) atoms. The molecule has 0 saturated heterocycles. The van der Waals surface area contributed by atoms with E-state index in [-0.39, 0.29) is 0 Å². The van der Waals surface area contributed by atoms with E-state index in [0.717, 1.165) is 15.9 Å². The molecule has 2 aromatic rings. The van der Waals surface area contributed by atoms with Crippen LogP contribution in [0.25, 0.3) is 11.5 Å². The average molecular weight is 254 g/mol. The van der Waals surface area contributed by atoms with Crippen LogP contribution in [0.2, 0.25) is 0 Å². The lowest BCUT2D eigenvalue weighted by Gasteiger charge is -2.01. The first-order valence-corrected chi connectivity index (χ1v) is 4.76. The fourth-order valence-electron chi connectivity index (χ4n) is 1.12. The smallest absolute Gasteiger partial charge is 0.166 e. The van der Waals surface area contributed by atoms with Crippen molar-refractivity contribution in [3.05, 3.63) is 35.1 Å². The molecule has 0 spiro atoms. The molecule has 0 fully saturated rings. The van der Waals surface area contributed by atoms with E-state index in [1.54, 1.807) is 18.5 Å². The quantitative estimate of drug-likeness (QED) is 0.638. The molecule has 0 aliphatic rings. The molecule has 0 saturated carbocycles. The van der Waals surface area contributed by atoms with Crippen LogP contribution in [-0.4, -0.2) is 4.98 Å². The summed E-state index contributed by atoms with van der Waals surface area (Å²) in [6, 6.07) is 5.41. The Bertz CT molecular complexity index is 441. The van der Waals surface area contributed by atoms with Gasteiger partial charge in [0.15, 0.2) is 5.76 Å². The van der Waals surface area contributed by atoms with Crippen LogP contribution in [0, 0.1) is 0 Å². The minimum atomic E-state index is 0.696. The molecule has 0 aromatic carbocycles. The van der Waals surface area contributed by atoms with Crippen molar-refractivity contribution >= 4 is 21.6 Å². The molecule has 0 atom stereocenters. The highest BCUT2D eigenvalue weighted by Crippen LogP contribution is 2.28. The van der Waals surface area contributed by atoms with Crippen molar-refractivity contribution in [2.24, 2.45) is 5.84 Å². The molecule has 3 N–H and O–H groups in total. The minimum absolute atomic E-state index is 0.696. The average Bonchev–Trinajstić information content (AvgIpc) is 2.65. The van der Waals surface area contributed by atoms with Crippen LogP contribution in [0.15, 0.2) is 39.5 Å². The Morgan fingerprint density at radius 3 is 2.93 bits per heavy atom. The Morgan fingerprint density at radius 1 is 1.43 bits per heavy atom. The third-order valence-corrected chi connectivity index (χ3v) is 2.40. The van der Waals surface area contributed by atoms with Crippen molar-refractivity contribution in [2.45, 2.75) is 0 Å². The van der Waals surface area contributed by atoms with Crippen molar-refractivity contribution in [3.63, 3.8) is 0 Å². The number of anilines is 1. The van der Waals surface area contributed by atoms with Gasteiger partial charge in [0.25, 0.3) is 0 Å². The number of pyridine rings is 1. The molecule has 4 nitrogen and oxygen atoms in total. The highest BCUT2D eigenvalue weighted by Gasteiger charge is 2.07. The monoisotopic (exact) mass is 253 g/mol. The number of hydrogen-bond donors (Lipinski definition) is 2. The summed E-state index contributed by atoms with van der Waals surface area (Å²) >= 11 is 3.36. The largest absolute Gasteiger partial charge is 0.461 e. The lowest BCUT2D eigenvalue weighted by atomic mass is 10.2. The second-order valence-electron chi connectivity index (χ2n) is 2.67. The first kappa shape index (κ1) is 9.23. The van der Waals surface area contributed by atoms with Crippen molar-refractivity contribution in [1.82, 2.24) is 4.98 Å². The summed E-state index contributed by atoms with van der Waals surface area (Å²) < 4.78 is 6.15. The van der Waals surface area contributed by atoms with Gasteiger partial charge in [0.1, 0.15) is 5.69 Å². The highest BCUT2D eigenvalue weighted by molar-refractivity contribution is 9.10. The number of nitrogen functional groups attached to an aromatic ring is 1. The highest BCUT2D eigenvalue weighted by atomic mass is 79.9. The van der Waals surface area contributed by atoms with Crippen LogP contribution >= 0.6 is 15.9 Å². The Balaban J connectivity index is 2.47. The summed E-state index contributed by atoms with van der Waals surface area (Å²) in [6.45, 7) is 0. The molecule has 0 bridgehead atoms. The Labute approximate surface area is 89.2 Å². The van der Waals surface area contributed by atoms with E-state index in [4.69, 9.17) is 10.3 Å². The number of hydrogen-bond acceptors (Lipinski definition) is 4. The summed E-state index contributed by atoms with van der Waals surface area (Å²) in [5.74, 6) is 5.99. The predicted molar refractivity (Wildman–Crippen MR) is 57.4 cm³/mol. The fraction of sp³-hybridized carbons (Fsp3) is 0. The number of nitrogens with zero attached hydrogens (tertiary/aromatic N) is 1. The number of aromatic nitrogens is 1. The zero-order valence-corrected chi connectivity index (χ0v) is 8.78. The van der Waals surface area contributed by atoms with Crippen molar-refractivity contribution in [1.29, 1.82) is 0 Å². The molecule has 5 heteroatoms. The zero-order valence-electron chi connectivity index (χ0n) is 7.20. The Morgan fingerprint density at radius 2 is 2.29 bits per heavy atom. The molecule has 0 aliphatic carbocycles. The van der Waals surface area contributed by atoms with Gasteiger partial charge >= 0.3 is 0 Å². The van der Waals surface area contributed by atoms with Gasteiger partial charge in [-0.05, 0) is 34.1 Å². The van der Waals surface area contributed by atoms with Crippen LogP contribution < -0.4 is 11.3 Å². The van der Waals surface area contributed by atoms with E-state index in [0.29, 0.717) is 5.76 Å². The maximum absolute atomic E-state index is 5.29. The number of hydrazine groups is 1. The first-order valence-electron chi connectivity index (χ1n) is 3.97. The summed E-state index contributed by atoms with van der Waals surface area (Å²) in [4.78, 5) is 4.17. The summed E-state index contributed by atoms with van der Waals surface area (Å²) in [7, 11) is 0. The van der Waals surface area contributed by atoms with E-state index in [2.05, 4.69) is 26.3 Å². The molecule has 72 valence electrons. The summed E-state index contributed by atoms with van der Waals surface area (Å²) in [5, 5.41) is 0. The molecular formula is C9H8BrN3O. The van der Waals surface area contributed by atoms with Crippen molar-refractivity contribution in [3.8, 4) is 11.5 Å². The van der Waals surface area contributed by atoms with E-state index in [1.165, 1.54) is 0 Å². The first-order chi connectivity index (χ1) is 6.81. The number of rotatable bonds is 2. The fourth-order valence-corrected chi connectivity index (χ4v) is 1.53. The van der Waals surface area contributed by atoms with Crippen molar-refractivity contribution < 1.29 is 4.42 Å². The molecule has 0 amide bonds. The second-order valence-corrected chi connectivity index (χ2v) is 3.53. The van der Waals surface area contributed by atoms with E-state index < -0.39 is 0 Å². The van der Waals surface area contributed by atoms with Gasteiger partial charge in [0, 0.05) is 6.20 Å². The predicted octanol–water partition coefficient (Wildman–Crippen LogP) is 2.39. The lowest BCUT2D eigenvalue weighted by molar-refractivity contribution is 0.579. The normalized spacial score (nSPS) is 10.1. The van der Waals surface area contributed by atoms with Crippen LogP contribution in [0.4, 0.5) is 5.69 Å². The van der Waals surface area contributed by atoms with Crippen molar-refractivity contribution in [2.75, 3.05) is 5.43 Å². The molecule has 0 radical (unpaired) electrons. The van der Waals surface area contributed by atoms with Gasteiger partial charge in [0.05, 0.1) is 16.4 Å². The van der Waals surface area contributed by atoms with Crippen LogP contribution in [-0.2, 0) is 0 Å². The van der Waals surface area contributed by atoms with Gasteiger partial charge in [-0.1, -0.05) is 0 Å². The van der Waals surface area contributed by atoms with E-state index in [1.807, 2.05) is 12.1 Å². The minimum Gasteiger partial charge on any atom is -0.461 e. The topological polar surface area (TPSA) is 64.1 Å². The molecule has 0 aliphatic heterocycles. The molecule has 2 heterocycles. The Hall–Kier alpha value is -1.33. The zero-order chi connectivity index (χ0) is 9.97.